The molecule has 1 saturated carbocycles. The molecule has 2 nitrogen and oxygen atoms in total. The molecule has 0 N–H and O–H groups in total. The Morgan fingerprint density at radius 2 is 1.41 bits per heavy atom. The summed E-state index contributed by atoms with van der Waals surface area (Å²) in [7, 11) is 0. The van der Waals surface area contributed by atoms with Gasteiger partial charge in [-0.1, -0.05) is 58.3 Å². The van der Waals surface area contributed by atoms with Crippen LogP contribution in [0.5, 0.6) is 0 Å². The fourth-order valence-corrected chi connectivity index (χ4v) is 3.12. The van der Waals surface area contributed by atoms with Gasteiger partial charge in [0.2, 0.25) is 5.12 Å². The molecule has 1 aliphatic carbocycles. The van der Waals surface area contributed by atoms with E-state index in [1.54, 1.807) is 0 Å². The fraction of sp³-hybridized carbons (Fsp3) is 0.857. The van der Waals surface area contributed by atoms with Crippen molar-refractivity contribution in [3.8, 4) is 5.40 Å². The second kappa shape index (κ2) is 7.76. The number of carbonyl (C=O) groups is 1. The Labute approximate surface area is 109 Å². The smallest absolute Gasteiger partial charge is 0.209 e. The van der Waals surface area contributed by atoms with E-state index in [0.29, 0.717) is 0 Å². The molecule has 0 aromatic heterocycles. The first-order chi connectivity index (χ1) is 8.19. The van der Waals surface area contributed by atoms with Gasteiger partial charge in [0, 0.05) is 17.2 Å². The first kappa shape index (κ1) is 14.6. The SMILES string of the molecule is CC1(C(=O)SC#N)CCCCCCCCCC1. The van der Waals surface area contributed by atoms with Gasteiger partial charge >= 0.3 is 0 Å². The second-order valence-electron chi connectivity index (χ2n) is 5.37. The van der Waals surface area contributed by atoms with Crippen LogP contribution >= 0.6 is 11.8 Å². The van der Waals surface area contributed by atoms with Gasteiger partial charge in [0.25, 0.3) is 0 Å². The third kappa shape index (κ3) is 5.12. The van der Waals surface area contributed by atoms with Crippen LogP contribution in [0.3, 0.4) is 0 Å². The Morgan fingerprint density at radius 3 is 1.82 bits per heavy atom. The van der Waals surface area contributed by atoms with Crippen LogP contribution in [0.2, 0.25) is 0 Å². The summed E-state index contributed by atoms with van der Waals surface area (Å²) in [6.07, 6.45) is 11.9. The molecule has 1 fully saturated rings. The van der Waals surface area contributed by atoms with Crippen molar-refractivity contribution in [3.63, 3.8) is 0 Å². The van der Waals surface area contributed by atoms with Crippen LogP contribution in [0, 0.1) is 16.1 Å². The van der Waals surface area contributed by atoms with Gasteiger partial charge in [-0.05, 0) is 12.8 Å². The molecule has 96 valence electrons. The minimum absolute atomic E-state index is 0.0826. The van der Waals surface area contributed by atoms with E-state index in [9.17, 15) is 4.79 Å². The highest BCUT2D eigenvalue weighted by molar-refractivity contribution is 8.17. The molecule has 0 aromatic carbocycles. The zero-order valence-electron chi connectivity index (χ0n) is 10.8. The highest BCUT2D eigenvalue weighted by Crippen LogP contribution is 2.36. The zero-order chi connectivity index (χ0) is 12.6. The maximum absolute atomic E-state index is 12.0. The quantitative estimate of drug-likeness (QED) is 0.639. The molecule has 0 amide bonds. The Balaban J connectivity index is 2.57. The molecule has 0 spiro atoms. The molecule has 0 aliphatic heterocycles. The minimum Gasteiger partial charge on any atom is -0.285 e. The molecule has 1 rings (SSSR count). The zero-order valence-corrected chi connectivity index (χ0v) is 11.7. The van der Waals surface area contributed by atoms with Crippen molar-refractivity contribution in [1.29, 1.82) is 5.26 Å². The lowest BCUT2D eigenvalue weighted by molar-refractivity contribution is -0.119. The van der Waals surface area contributed by atoms with Crippen LogP contribution in [-0.4, -0.2) is 5.12 Å². The molecule has 0 radical (unpaired) electrons. The summed E-state index contributed by atoms with van der Waals surface area (Å²) in [4.78, 5) is 12.0. The number of carbonyl (C=O) groups excluding carboxylic acids is 1. The first-order valence-electron chi connectivity index (χ1n) is 6.79. The van der Waals surface area contributed by atoms with Crippen LogP contribution in [0.1, 0.15) is 71.1 Å². The first-order valence-corrected chi connectivity index (χ1v) is 7.61. The Hall–Kier alpha value is -0.490. The molecular formula is C14H23NOS. The normalized spacial score (nSPS) is 22.1. The minimum atomic E-state index is -0.259. The standard InChI is InChI=1S/C14H23NOS/c1-14(13(16)17-12-15)10-8-6-4-2-3-5-7-9-11-14/h2-11H2,1H3. The van der Waals surface area contributed by atoms with Crippen LogP contribution < -0.4 is 0 Å². The average molecular weight is 253 g/mol. The molecule has 0 saturated heterocycles. The van der Waals surface area contributed by atoms with E-state index in [0.717, 1.165) is 37.4 Å². The monoisotopic (exact) mass is 253 g/mol. The van der Waals surface area contributed by atoms with E-state index in [1.165, 1.54) is 38.5 Å². The molecule has 17 heavy (non-hydrogen) atoms. The van der Waals surface area contributed by atoms with E-state index in [2.05, 4.69) is 6.92 Å². The molecule has 0 atom stereocenters. The molecule has 0 heterocycles. The maximum atomic E-state index is 12.0. The van der Waals surface area contributed by atoms with Gasteiger partial charge in [0.05, 0.1) is 0 Å². The summed E-state index contributed by atoms with van der Waals surface area (Å²) < 4.78 is 0. The molecule has 0 unspecified atom stereocenters. The predicted molar refractivity (Wildman–Crippen MR) is 72.5 cm³/mol. The summed E-state index contributed by atoms with van der Waals surface area (Å²) in [6.45, 7) is 2.05. The predicted octanol–water partition coefficient (Wildman–Crippen LogP) is 4.65. The Kier molecular flexibility index (Phi) is 6.65. The summed E-state index contributed by atoms with van der Waals surface area (Å²) in [5.74, 6) is 0. The van der Waals surface area contributed by atoms with E-state index in [4.69, 9.17) is 5.26 Å². The summed E-state index contributed by atoms with van der Waals surface area (Å²) >= 11 is 0.837. The van der Waals surface area contributed by atoms with Gasteiger partial charge in [-0.3, -0.25) is 4.79 Å². The lowest BCUT2D eigenvalue weighted by Gasteiger charge is -2.26. The van der Waals surface area contributed by atoms with Crippen LogP contribution in [0.25, 0.3) is 0 Å². The summed E-state index contributed by atoms with van der Waals surface area (Å²) in [5.41, 5.74) is -0.259. The van der Waals surface area contributed by atoms with E-state index >= 15 is 0 Å². The number of thiocyanates is 1. The average Bonchev–Trinajstić information content (AvgIpc) is 2.35. The van der Waals surface area contributed by atoms with Gasteiger partial charge in [0.15, 0.2) is 0 Å². The Morgan fingerprint density at radius 1 is 1.00 bits per heavy atom. The number of thioether (sulfide) groups is 1. The van der Waals surface area contributed by atoms with Gasteiger partial charge < -0.3 is 0 Å². The Bertz CT molecular complexity index is 270. The third-order valence-electron chi connectivity index (χ3n) is 3.84. The highest BCUT2D eigenvalue weighted by Gasteiger charge is 2.32. The van der Waals surface area contributed by atoms with Crippen molar-refractivity contribution in [3.05, 3.63) is 0 Å². The molecule has 0 aromatic rings. The van der Waals surface area contributed by atoms with E-state index in [1.807, 2.05) is 5.40 Å². The van der Waals surface area contributed by atoms with Gasteiger partial charge in [-0.2, -0.15) is 5.26 Å². The highest BCUT2D eigenvalue weighted by atomic mass is 32.2. The van der Waals surface area contributed by atoms with E-state index in [-0.39, 0.29) is 10.5 Å². The summed E-state index contributed by atoms with van der Waals surface area (Å²) in [5, 5.41) is 10.7. The number of hydrogen-bond donors (Lipinski definition) is 0. The second-order valence-corrected chi connectivity index (χ2v) is 6.13. The van der Waals surface area contributed by atoms with Gasteiger partial charge in [-0.15, -0.1) is 0 Å². The maximum Gasteiger partial charge on any atom is 0.209 e. The molecule has 3 heteroatoms. The molecule has 0 bridgehead atoms. The van der Waals surface area contributed by atoms with E-state index < -0.39 is 0 Å². The van der Waals surface area contributed by atoms with Crippen LogP contribution in [0.15, 0.2) is 0 Å². The van der Waals surface area contributed by atoms with Crippen molar-refractivity contribution in [2.45, 2.75) is 71.1 Å². The number of rotatable bonds is 1. The molecular weight excluding hydrogens is 230 g/mol. The van der Waals surface area contributed by atoms with Crippen LogP contribution in [-0.2, 0) is 4.79 Å². The number of nitrogens with zero attached hydrogens (tertiary/aromatic N) is 1. The number of nitriles is 1. The van der Waals surface area contributed by atoms with Crippen LogP contribution in [0.4, 0.5) is 0 Å². The van der Waals surface area contributed by atoms with Crippen molar-refractivity contribution in [2.24, 2.45) is 5.41 Å². The number of hydrogen-bond acceptors (Lipinski definition) is 3. The summed E-state index contributed by atoms with van der Waals surface area (Å²) in [6, 6.07) is 0. The van der Waals surface area contributed by atoms with Crippen molar-refractivity contribution in [2.75, 3.05) is 0 Å². The molecule has 1 aliphatic rings. The van der Waals surface area contributed by atoms with Gasteiger partial charge in [-0.25, -0.2) is 0 Å². The topological polar surface area (TPSA) is 40.9 Å². The van der Waals surface area contributed by atoms with Crippen molar-refractivity contribution in [1.82, 2.24) is 0 Å². The van der Waals surface area contributed by atoms with Crippen molar-refractivity contribution >= 4 is 16.9 Å². The van der Waals surface area contributed by atoms with Crippen molar-refractivity contribution < 1.29 is 4.79 Å². The third-order valence-corrected chi connectivity index (χ3v) is 4.61. The van der Waals surface area contributed by atoms with Gasteiger partial charge in [0.1, 0.15) is 5.40 Å². The lowest BCUT2D eigenvalue weighted by atomic mass is 9.81. The largest absolute Gasteiger partial charge is 0.285 e. The lowest BCUT2D eigenvalue weighted by Crippen LogP contribution is -2.25. The fourth-order valence-electron chi connectivity index (χ4n) is 2.58.